The first kappa shape index (κ1) is 13.0. The molecule has 0 bridgehead atoms. The summed E-state index contributed by atoms with van der Waals surface area (Å²) in [4.78, 5) is 0. The summed E-state index contributed by atoms with van der Waals surface area (Å²) in [7, 11) is -3.34. The number of nitriles is 1. The maximum Gasteiger partial charge on any atom is 0.216 e. The highest BCUT2D eigenvalue weighted by Gasteiger charge is 2.21. The minimum atomic E-state index is -3.34. The van der Waals surface area contributed by atoms with Crippen LogP contribution in [-0.4, -0.2) is 27.5 Å². The van der Waals surface area contributed by atoms with Gasteiger partial charge in [0.15, 0.2) is 0 Å². The van der Waals surface area contributed by atoms with Gasteiger partial charge in [0.25, 0.3) is 0 Å². The van der Waals surface area contributed by atoms with Crippen LogP contribution in [0.4, 0.5) is 0 Å². The molecule has 1 heterocycles. The fourth-order valence-electron chi connectivity index (χ4n) is 2.00. The fourth-order valence-corrected chi connectivity index (χ4v) is 3.41. The second-order valence-corrected chi connectivity index (χ2v) is 6.13. The highest BCUT2D eigenvalue weighted by Crippen LogP contribution is 2.09. The summed E-state index contributed by atoms with van der Waals surface area (Å²) in [6, 6.07) is 8.65. The van der Waals surface area contributed by atoms with Crippen molar-refractivity contribution >= 4 is 10.0 Å². The Hall–Kier alpha value is -1.42. The Bertz CT molecular complexity index is 557. The summed E-state index contributed by atoms with van der Waals surface area (Å²) >= 11 is 0. The van der Waals surface area contributed by atoms with Gasteiger partial charge < -0.3 is 5.32 Å². The van der Waals surface area contributed by atoms with Crippen molar-refractivity contribution in [3.8, 4) is 6.07 Å². The number of sulfonamides is 1. The third-order valence-electron chi connectivity index (χ3n) is 2.82. The van der Waals surface area contributed by atoms with Gasteiger partial charge in [-0.2, -0.15) is 5.26 Å². The summed E-state index contributed by atoms with van der Waals surface area (Å²) in [5.41, 5.74) is 1.11. The van der Waals surface area contributed by atoms with Crippen LogP contribution >= 0.6 is 0 Å². The molecule has 2 N–H and O–H groups in total. The van der Waals surface area contributed by atoms with Crippen LogP contribution in [0.2, 0.25) is 0 Å². The van der Waals surface area contributed by atoms with Gasteiger partial charge in [-0.3, -0.25) is 0 Å². The number of nitrogens with zero attached hydrogens (tertiary/aromatic N) is 1. The van der Waals surface area contributed by atoms with E-state index in [4.69, 9.17) is 5.26 Å². The van der Waals surface area contributed by atoms with E-state index in [1.807, 2.05) is 6.07 Å². The van der Waals surface area contributed by atoms with Crippen molar-refractivity contribution in [2.24, 2.45) is 0 Å². The van der Waals surface area contributed by atoms with Gasteiger partial charge in [-0.05, 0) is 30.7 Å². The molecule has 96 valence electrons. The molecule has 0 aliphatic carbocycles. The van der Waals surface area contributed by atoms with Gasteiger partial charge in [-0.1, -0.05) is 12.1 Å². The summed E-state index contributed by atoms with van der Waals surface area (Å²) in [5.74, 6) is -0.0843. The normalized spacial score (nSPS) is 19.6. The van der Waals surface area contributed by atoms with Crippen LogP contribution in [0.5, 0.6) is 0 Å². The zero-order valence-corrected chi connectivity index (χ0v) is 10.7. The van der Waals surface area contributed by atoms with Crippen molar-refractivity contribution in [3.63, 3.8) is 0 Å². The molecule has 6 heteroatoms. The first-order valence-electron chi connectivity index (χ1n) is 5.79. The number of nitrogens with one attached hydrogen (secondary N) is 2. The molecule has 1 saturated heterocycles. The Morgan fingerprint density at radius 1 is 1.50 bits per heavy atom. The molecule has 1 unspecified atom stereocenters. The van der Waals surface area contributed by atoms with Crippen LogP contribution in [0.1, 0.15) is 17.5 Å². The average molecular weight is 265 g/mol. The lowest BCUT2D eigenvalue weighted by atomic mass is 10.2. The second-order valence-electron chi connectivity index (χ2n) is 4.38. The topological polar surface area (TPSA) is 82.0 Å². The third-order valence-corrected chi connectivity index (χ3v) is 4.23. The quantitative estimate of drug-likeness (QED) is 0.822. The first-order chi connectivity index (χ1) is 8.59. The fraction of sp³-hybridized carbons (Fsp3) is 0.417. The van der Waals surface area contributed by atoms with Crippen LogP contribution in [0.3, 0.4) is 0 Å². The maximum atomic E-state index is 11.9. The van der Waals surface area contributed by atoms with Crippen LogP contribution in [0.15, 0.2) is 24.3 Å². The summed E-state index contributed by atoms with van der Waals surface area (Å²) in [6.45, 7) is 1.52. The molecule has 0 aromatic heterocycles. The van der Waals surface area contributed by atoms with E-state index in [0.29, 0.717) is 17.7 Å². The lowest BCUT2D eigenvalue weighted by molar-refractivity contribution is 0.559. The van der Waals surface area contributed by atoms with E-state index >= 15 is 0 Å². The molecule has 0 radical (unpaired) electrons. The van der Waals surface area contributed by atoms with Gasteiger partial charge in [-0.15, -0.1) is 0 Å². The smallest absolute Gasteiger partial charge is 0.216 e. The van der Waals surface area contributed by atoms with Gasteiger partial charge in [0.1, 0.15) is 0 Å². The van der Waals surface area contributed by atoms with Gasteiger partial charge in [0, 0.05) is 12.6 Å². The largest absolute Gasteiger partial charge is 0.315 e. The van der Waals surface area contributed by atoms with E-state index in [2.05, 4.69) is 10.0 Å². The van der Waals surface area contributed by atoms with E-state index < -0.39 is 10.0 Å². The molecule has 1 aliphatic rings. The van der Waals surface area contributed by atoms with E-state index in [0.717, 1.165) is 13.0 Å². The Balaban J connectivity index is 2.04. The van der Waals surface area contributed by atoms with Crippen molar-refractivity contribution in [3.05, 3.63) is 35.4 Å². The summed E-state index contributed by atoms with van der Waals surface area (Å²) in [5, 5.41) is 11.9. The van der Waals surface area contributed by atoms with Crippen molar-refractivity contribution in [2.45, 2.75) is 18.2 Å². The molecule has 1 fully saturated rings. The van der Waals surface area contributed by atoms with Gasteiger partial charge >= 0.3 is 0 Å². The van der Waals surface area contributed by atoms with Crippen molar-refractivity contribution in [2.75, 3.05) is 13.1 Å². The Labute approximate surface area is 107 Å². The first-order valence-corrected chi connectivity index (χ1v) is 7.44. The molecular formula is C12H15N3O2S. The van der Waals surface area contributed by atoms with Crippen LogP contribution < -0.4 is 10.0 Å². The van der Waals surface area contributed by atoms with Crippen LogP contribution in [0, 0.1) is 11.3 Å². The maximum absolute atomic E-state index is 11.9. The highest BCUT2D eigenvalue weighted by molar-refractivity contribution is 7.88. The highest BCUT2D eigenvalue weighted by atomic mass is 32.2. The molecule has 1 aromatic rings. The van der Waals surface area contributed by atoms with E-state index in [-0.39, 0.29) is 11.8 Å². The van der Waals surface area contributed by atoms with Crippen LogP contribution in [0.25, 0.3) is 0 Å². The minimum absolute atomic E-state index is 0.0193. The average Bonchev–Trinajstić information content (AvgIpc) is 2.80. The third kappa shape index (κ3) is 3.53. The van der Waals surface area contributed by atoms with E-state index in [1.165, 1.54) is 0 Å². The molecule has 18 heavy (non-hydrogen) atoms. The van der Waals surface area contributed by atoms with Gasteiger partial charge in [0.2, 0.25) is 10.0 Å². The predicted octanol–water partition coefficient (Wildman–Crippen LogP) is 0.340. The number of rotatable bonds is 4. The zero-order valence-electron chi connectivity index (χ0n) is 9.89. The number of hydrogen-bond acceptors (Lipinski definition) is 4. The zero-order chi connectivity index (χ0) is 13.0. The Kier molecular flexibility index (Phi) is 3.97. The van der Waals surface area contributed by atoms with Crippen LogP contribution in [-0.2, 0) is 15.8 Å². The van der Waals surface area contributed by atoms with Gasteiger partial charge in [-0.25, -0.2) is 13.1 Å². The minimum Gasteiger partial charge on any atom is -0.315 e. The monoisotopic (exact) mass is 265 g/mol. The van der Waals surface area contributed by atoms with Crippen molar-refractivity contribution < 1.29 is 8.42 Å². The predicted molar refractivity (Wildman–Crippen MR) is 68.2 cm³/mol. The molecule has 1 atom stereocenters. The van der Waals surface area contributed by atoms with Crippen molar-refractivity contribution in [1.29, 1.82) is 5.26 Å². The molecule has 1 aliphatic heterocycles. The standard InChI is InChI=1S/C12H15N3O2S/c13-7-10-2-1-3-11(6-10)9-18(16,17)15-12-4-5-14-8-12/h1-3,6,12,14-15H,4-5,8-9H2. The molecule has 0 saturated carbocycles. The lowest BCUT2D eigenvalue weighted by Gasteiger charge is -2.11. The molecule has 1 aromatic carbocycles. The summed E-state index contributed by atoms with van der Waals surface area (Å²) < 4.78 is 26.5. The SMILES string of the molecule is N#Cc1cccc(CS(=O)(=O)NC2CCNC2)c1. The van der Waals surface area contributed by atoms with E-state index in [1.54, 1.807) is 24.3 Å². The number of hydrogen-bond donors (Lipinski definition) is 2. The molecule has 5 nitrogen and oxygen atoms in total. The van der Waals surface area contributed by atoms with E-state index in [9.17, 15) is 8.42 Å². The molecule has 0 amide bonds. The molecule has 2 rings (SSSR count). The van der Waals surface area contributed by atoms with Gasteiger partial charge in [0.05, 0.1) is 17.4 Å². The molecule has 0 spiro atoms. The number of benzene rings is 1. The lowest BCUT2D eigenvalue weighted by Crippen LogP contribution is -2.36. The second kappa shape index (κ2) is 5.48. The Morgan fingerprint density at radius 3 is 3.00 bits per heavy atom. The Morgan fingerprint density at radius 2 is 2.33 bits per heavy atom. The van der Waals surface area contributed by atoms with Crippen molar-refractivity contribution in [1.82, 2.24) is 10.0 Å². The molecular weight excluding hydrogens is 250 g/mol. The summed E-state index contributed by atoms with van der Waals surface area (Å²) in [6.07, 6.45) is 0.817.